The highest BCUT2D eigenvalue weighted by Gasteiger charge is 2.42. The third kappa shape index (κ3) is 2.65. The minimum atomic E-state index is 0.382. The second kappa shape index (κ2) is 5.70. The normalized spacial score (nSPS) is 29.6. The fraction of sp³-hybridized carbons (Fsp3) is 0.529. The van der Waals surface area contributed by atoms with Gasteiger partial charge < -0.3 is 13.7 Å². The molecule has 0 aromatic carbocycles. The second-order valence-electron chi connectivity index (χ2n) is 6.22. The summed E-state index contributed by atoms with van der Waals surface area (Å²) < 4.78 is 13.6. The van der Waals surface area contributed by atoms with Crippen molar-refractivity contribution in [2.24, 2.45) is 5.92 Å². The van der Waals surface area contributed by atoms with Gasteiger partial charge in [-0.05, 0) is 31.0 Å². The van der Waals surface area contributed by atoms with Crippen molar-refractivity contribution in [2.75, 3.05) is 13.2 Å². The molecular weight excluding hydrogens is 264 g/mol. The Morgan fingerprint density at radius 2 is 2.10 bits per heavy atom. The summed E-state index contributed by atoms with van der Waals surface area (Å²) in [5.41, 5.74) is 1.27. The van der Waals surface area contributed by atoms with E-state index in [2.05, 4.69) is 40.1 Å². The maximum atomic E-state index is 6.13. The van der Waals surface area contributed by atoms with Gasteiger partial charge in [-0.3, -0.25) is 4.90 Å². The van der Waals surface area contributed by atoms with Crippen LogP contribution < -0.4 is 0 Å². The van der Waals surface area contributed by atoms with E-state index in [1.165, 1.54) is 18.4 Å². The van der Waals surface area contributed by atoms with E-state index in [0.717, 1.165) is 26.2 Å². The Bertz CT molecular complexity index is 549. The molecule has 4 heteroatoms. The summed E-state index contributed by atoms with van der Waals surface area (Å²) in [6, 6.07) is 6.82. The van der Waals surface area contributed by atoms with E-state index < -0.39 is 0 Å². The number of ether oxygens (including phenoxy) is 1. The first kappa shape index (κ1) is 13.2. The Labute approximate surface area is 125 Å². The average Bonchev–Trinajstić information content (AvgIpc) is 3.22. The lowest BCUT2D eigenvalue weighted by Crippen LogP contribution is -2.50. The number of furan rings is 1. The Morgan fingerprint density at radius 1 is 1.19 bits per heavy atom. The Morgan fingerprint density at radius 3 is 2.90 bits per heavy atom. The number of morpholine rings is 1. The van der Waals surface area contributed by atoms with Gasteiger partial charge in [0.25, 0.3) is 0 Å². The van der Waals surface area contributed by atoms with Gasteiger partial charge in [-0.25, -0.2) is 0 Å². The highest BCUT2D eigenvalue weighted by atomic mass is 16.5. The molecule has 3 heterocycles. The molecule has 0 bridgehead atoms. The van der Waals surface area contributed by atoms with Crippen LogP contribution in [0.1, 0.15) is 18.4 Å². The molecule has 1 saturated carbocycles. The molecule has 0 radical (unpaired) electrons. The van der Waals surface area contributed by atoms with Crippen LogP contribution in [0.2, 0.25) is 0 Å². The van der Waals surface area contributed by atoms with Crippen LogP contribution in [0.3, 0.4) is 0 Å². The van der Waals surface area contributed by atoms with Gasteiger partial charge in [0.05, 0.1) is 25.2 Å². The molecule has 21 heavy (non-hydrogen) atoms. The molecule has 2 aromatic rings. The highest BCUT2D eigenvalue weighted by Crippen LogP contribution is 2.36. The molecule has 2 fully saturated rings. The van der Waals surface area contributed by atoms with Gasteiger partial charge in [-0.2, -0.15) is 0 Å². The van der Waals surface area contributed by atoms with Crippen molar-refractivity contribution in [2.45, 2.75) is 38.1 Å². The van der Waals surface area contributed by atoms with Crippen molar-refractivity contribution in [1.29, 1.82) is 0 Å². The quantitative estimate of drug-likeness (QED) is 0.866. The standard InChI is InChI=1S/C17H22N2O2/c1-2-7-18(6-1)12-15-3-4-16-17(15)21-10-8-19(16)11-14-5-9-20-13-14/h1-2,5-7,9,13,15-17H,3-4,8,10-12H2/t15-,16-,17+/m0/s1. The lowest BCUT2D eigenvalue weighted by molar-refractivity contribution is -0.0786. The van der Waals surface area contributed by atoms with Crippen molar-refractivity contribution in [1.82, 2.24) is 9.47 Å². The molecule has 1 saturated heterocycles. The molecular formula is C17H22N2O2. The third-order valence-electron chi connectivity index (χ3n) is 4.91. The summed E-state index contributed by atoms with van der Waals surface area (Å²) >= 11 is 0. The van der Waals surface area contributed by atoms with Gasteiger partial charge in [0.2, 0.25) is 0 Å². The van der Waals surface area contributed by atoms with Crippen molar-refractivity contribution in [3.63, 3.8) is 0 Å². The first-order valence-electron chi connectivity index (χ1n) is 7.87. The highest BCUT2D eigenvalue weighted by molar-refractivity contribution is 5.07. The molecule has 2 aliphatic rings. The first-order chi connectivity index (χ1) is 10.4. The van der Waals surface area contributed by atoms with E-state index in [4.69, 9.17) is 9.15 Å². The van der Waals surface area contributed by atoms with E-state index in [-0.39, 0.29) is 0 Å². The lowest BCUT2D eigenvalue weighted by Gasteiger charge is -2.39. The molecule has 0 amide bonds. The number of rotatable bonds is 4. The zero-order chi connectivity index (χ0) is 14.1. The minimum Gasteiger partial charge on any atom is -0.472 e. The maximum Gasteiger partial charge on any atom is 0.0947 e. The predicted octanol–water partition coefficient (Wildman–Crippen LogP) is 2.76. The zero-order valence-electron chi connectivity index (χ0n) is 12.2. The first-order valence-corrected chi connectivity index (χ1v) is 7.87. The van der Waals surface area contributed by atoms with Crippen LogP contribution in [0.25, 0.3) is 0 Å². The monoisotopic (exact) mass is 286 g/mol. The van der Waals surface area contributed by atoms with Gasteiger partial charge in [-0.1, -0.05) is 0 Å². The topological polar surface area (TPSA) is 30.5 Å². The van der Waals surface area contributed by atoms with Gasteiger partial charge in [0.15, 0.2) is 0 Å². The van der Waals surface area contributed by atoms with Crippen LogP contribution in [0.15, 0.2) is 47.5 Å². The summed E-state index contributed by atoms with van der Waals surface area (Å²) in [6.45, 7) is 3.94. The van der Waals surface area contributed by atoms with Crippen molar-refractivity contribution < 1.29 is 9.15 Å². The van der Waals surface area contributed by atoms with Gasteiger partial charge in [0.1, 0.15) is 0 Å². The van der Waals surface area contributed by atoms with Crippen LogP contribution in [0.5, 0.6) is 0 Å². The fourth-order valence-electron chi connectivity index (χ4n) is 3.91. The summed E-state index contributed by atoms with van der Waals surface area (Å²) in [6.07, 6.45) is 10.8. The Hall–Kier alpha value is -1.52. The van der Waals surface area contributed by atoms with E-state index in [1.54, 1.807) is 6.26 Å². The number of hydrogen-bond donors (Lipinski definition) is 0. The van der Waals surface area contributed by atoms with Crippen LogP contribution in [-0.4, -0.2) is 34.8 Å². The largest absolute Gasteiger partial charge is 0.472 e. The Balaban J connectivity index is 1.44. The summed E-state index contributed by atoms with van der Waals surface area (Å²) in [5, 5.41) is 0. The summed E-state index contributed by atoms with van der Waals surface area (Å²) in [7, 11) is 0. The van der Waals surface area contributed by atoms with E-state index in [0.29, 0.717) is 18.1 Å². The molecule has 0 N–H and O–H groups in total. The zero-order valence-corrected chi connectivity index (χ0v) is 12.2. The molecule has 1 aliphatic carbocycles. The smallest absolute Gasteiger partial charge is 0.0947 e. The molecule has 4 rings (SSSR count). The molecule has 2 aromatic heterocycles. The molecule has 0 unspecified atom stereocenters. The van der Waals surface area contributed by atoms with Crippen LogP contribution in [-0.2, 0) is 17.8 Å². The number of fused-ring (bicyclic) bond motifs is 1. The Kier molecular flexibility index (Phi) is 3.57. The maximum absolute atomic E-state index is 6.13. The fourth-order valence-corrected chi connectivity index (χ4v) is 3.91. The van der Waals surface area contributed by atoms with Crippen molar-refractivity contribution >= 4 is 0 Å². The average molecular weight is 286 g/mol. The van der Waals surface area contributed by atoms with Gasteiger partial charge in [-0.15, -0.1) is 0 Å². The second-order valence-corrected chi connectivity index (χ2v) is 6.22. The number of aromatic nitrogens is 1. The molecule has 3 atom stereocenters. The van der Waals surface area contributed by atoms with Gasteiger partial charge >= 0.3 is 0 Å². The summed E-state index contributed by atoms with van der Waals surface area (Å²) in [5.74, 6) is 0.634. The van der Waals surface area contributed by atoms with E-state index in [9.17, 15) is 0 Å². The predicted molar refractivity (Wildman–Crippen MR) is 79.8 cm³/mol. The minimum absolute atomic E-state index is 0.382. The van der Waals surface area contributed by atoms with Crippen LogP contribution >= 0.6 is 0 Å². The van der Waals surface area contributed by atoms with Crippen LogP contribution in [0.4, 0.5) is 0 Å². The number of nitrogens with zero attached hydrogens (tertiary/aromatic N) is 2. The molecule has 112 valence electrons. The van der Waals surface area contributed by atoms with Crippen molar-refractivity contribution in [3.05, 3.63) is 48.7 Å². The number of hydrogen-bond acceptors (Lipinski definition) is 3. The molecule has 4 nitrogen and oxygen atoms in total. The SMILES string of the molecule is c1ccn(C[C@@H]2CC[C@H]3[C@@H]2OCCN3Cc2ccoc2)c1. The third-order valence-corrected chi connectivity index (χ3v) is 4.91. The molecule has 0 spiro atoms. The summed E-state index contributed by atoms with van der Waals surface area (Å²) in [4.78, 5) is 2.58. The molecule has 1 aliphatic heterocycles. The van der Waals surface area contributed by atoms with E-state index in [1.807, 2.05) is 6.26 Å². The van der Waals surface area contributed by atoms with E-state index >= 15 is 0 Å². The lowest BCUT2D eigenvalue weighted by atomic mass is 10.0. The van der Waals surface area contributed by atoms with Crippen LogP contribution in [0, 0.1) is 5.92 Å². The van der Waals surface area contributed by atoms with Gasteiger partial charge in [0, 0.05) is 49.6 Å². The van der Waals surface area contributed by atoms with Crippen molar-refractivity contribution in [3.8, 4) is 0 Å².